The van der Waals surface area contributed by atoms with Crippen molar-refractivity contribution in [3.05, 3.63) is 65.4 Å². The van der Waals surface area contributed by atoms with Crippen LogP contribution in [0.1, 0.15) is 28.4 Å². The number of ether oxygens (including phenoxy) is 2. The van der Waals surface area contributed by atoms with Gasteiger partial charge in [-0.05, 0) is 37.3 Å². The lowest BCUT2D eigenvalue weighted by Crippen LogP contribution is -2.19. The summed E-state index contributed by atoms with van der Waals surface area (Å²) in [6.45, 7) is 2.24. The Bertz CT molecular complexity index is 1180. The molecule has 1 N–H and O–H groups in total. The number of benzene rings is 2. The normalized spacial score (nSPS) is 11.3. The van der Waals surface area contributed by atoms with Crippen molar-refractivity contribution in [3.8, 4) is 35.3 Å². The first-order chi connectivity index (χ1) is 14.9. The zero-order valence-electron chi connectivity index (χ0n) is 17.5. The molecule has 0 saturated carbocycles. The van der Waals surface area contributed by atoms with Crippen LogP contribution in [0.25, 0.3) is 11.1 Å². The summed E-state index contributed by atoms with van der Waals surface area (Å²) in [5, 5.41) is 16.1. The summed E-state index contributed by atoms with van der Waals surface area (Å²) in [4.78, 5) is 12.7. The van der Waals surface area contributed by atoms with Crippen LogP contribution in [0.4, 0.5) is 5.82 Å². The minimum Gasteiger partial charge on any atom is -0.488 e. The molecular formula is C24H22N4O3. The maximum atomic E-state index is 12.7. The maximum Gasteiger partial charge on any atom is 0.256 e. The number of aromatic nitrogens is 2. The smallest absolute Gasteiger partial charge is 0.256 e. The van der Waals surface area contributed by atoms with Gasteiger partial charge in [0.1, 0.15) is 11.9 Å². The van der Waals surface area contributed by atoms with E-state index in [1.165, 1.54) is 0 Å². The minimum atomic E-state index is -0.313. The number of nitrogens with one attached hydrogen (secondary N) is 1. The second kappa shape index (κ2) is 9.62. The number of hydrogen-bond donors (Lipinski definition) is 1. The van der Waals surface area contributed by atoms with Gasteiger partial charge in [0, 0.05) is 48.7 Å². The van der Waals surface area contributed by atoms with Gasteiger partial charge in [-0.3, -0.25) is 9.48 Å². The second-order valence-corrected chi connectivity index (χ2v) is 6.94. The quantitative estimate of drug-likeness (QED) is 0.597. The SMILES string of the molecule is C#Cc1cc(C#N)ccc1-c1ccc(C(=O)Nc2ccn(C)n2)cc1O[C@@H](C)COC. The molecule has 0 bridgehead atoms. The molecule has 0 fully saturated rings. The van der Waals surface area contributed by atoms with Gasteiger partial charge >= 0.3 is 0 Å². The van der Waals surface area contributed by atoms with Crippen LogP contribution >= 0.6 is 0 Å². The predicted octanol–water partition coefficient (Wildman–Crippen LogP) is 3.61. The molecule has 1 aromatic heterocycles. The Kier molecular flexibility index (Phi) is 6.71. The zero-order chi connectivity index (χ0) is 22.4. The number of nitrogens with zero attached hydrogens (tertiary/aromatic N) is 3. The molecule has 0 radical (unpaired) electrons. The summed E-state index contributed by atoms with van der Waals surface area (Å²) in [5.41, 5.74) is 2.89. The Labute approximate surface area is 181 Å². The highest BCUT2D eigenvalue weighted by molar-refractivity contribution is 6.04. The molecule has 0 spiro atoms. The van der Waals surface area contributed by atoms with Crippen molar-refractivity contribution in [1.29, 1.82) is 5.26 Å². The van der Waals surface area contributed by atoms with Crippen LogP contribution in [-0.4, -0.2) is 35.5 Å². The van der Waals surface area contributed by atoms with E-state index >= 15 is 0 Å². The molecule has 31 heavy (non-hydrogen) atoms. The Hall–Kier alpha value is -4.07. The fourth-order valence-corrected chi connectivity index (χ4v) is 3.11. The summed E-state index contributed by atoms with van der Waals surface area (Å²) in [6.07, 6.45) is 7.17. The first-order valence-corrected chi connectivity index (χ1v) is 9.57. The van der Waals surface area contributed by atoms with Gasteiger partial charge in [0.2, 0.25) is 0 Å². The van der Waals surface area contributed by atoms with Gasteiger partial charge < -0.3 is 14.8 Å². The predicted molar refractivity (Wildman–Crippen MR) is 118 cm³/mol. The molecule has 0 unspecified atom stereocenters. The molecule has 3 aromatic rings. The van der Waals surface area contributed by atoms with Crippen LogP contribution in [0.3, 0.4) is 0 Å². The molecular weight excluding hydrogens is 392 g/mol. The van der Waals surface area contributed by atoms with E-state index < -0.39 is 0 Å². The molecule has 156 valence electrons. The number of carbonyl (C=O) groups is 1. The molecule has 0 aliphatic carbocycles. The fourth-order valence-electron chi connectivity index (χ4n) is 3.11. The number of anilines is 1. The van der Waals surface area contributed by atoms with E-state index in [2.05, 4.69) is 22.4 Å². The average molecular weight is 414 g/mol. The molecule has 7 nitrogen and oxygen atoms in total. The van der Waals surface area contributed by atoms with Crippen molar-refractivity contribution >= 4 is 11.7 Å². The Morgan fingerprint density at radius 1 is 1.26 bits per heavy atom. The lowest BCUT2D eigenvalue weighted by atomic mass is 9.96. The third-order valence-corrected chi connectivity index (χ3v) is 4.52. The molecule has 1 heterocycles. The fraction of sp³-hybridized carbons (Fsp3) is 0.208. The van der Waals surface area contributed by atoms with Gasteiger partial charge in [-0.25, -0.2) is 0 Å². The summed E-state index contributed by atoms with van der Waals surface area (Å²) >= 11 is 0. The van der Waals surface area contributed by atoms with Gasteiger partial charge in [0.25, 0.3) is 5.91 Å². The van der Waals surface area contributed by atoms with Crippen molar-refractivity contribution in [3.63, 3.8) is 0 Å². The molecule has 3 rings (SSSR count). The van der Waals surface area contributed by atoms with E-state index in [9.17, 15) is 4.79 Å². The van der Waals surface area contributed by atoms with E-state index in [0.29, 0.717) is 34.9 Å². The van der Waals surface area contributed by atoms with E-state index in [1.807, 2.05) is 6.92 Å². The summed E-state index contributed by atoms with van der Waals surface area (Å²) in [7, 11) is 3.36. The monoisotopic (exact) mass is 414 g/mol. The van der Waals surface area contributed by atoms with E-state index in [-0.39, 0.29) is 12.0 Å². The van der Waals surface area contributed by atoms with Crippen molar-refractivity contribution in [1.82, 2.24) is 9.78 Å². The Balaban J connectivity index is 2.02. The molecule has 1 atom stereocenters. The molecule has 1 amide bonds. The average Bonchev–Trinajstić information content (AvgIpc) is 3.17. The van der Waals surface area contributed by atoms with Crippen LogP contribution in [-0.2, 0) is 11.8 Å². The zero-order valence-corrected chi connectivity index (χ0v) is 17.5. The van der Waals surface area contributed by atoms with Gasteiger partial charge in [-0.2, -0.15) is 10.4 Å². The number of rotatable bonds is 7. The molecule has 0 aliphatic rings. The number of carbonyl (C=O) groups excluding carboxylic acids is 1. The highest BCUT2D eigenvalue weighted by Gasteiger charge is 2.17. The Morgan fingerprint density at radius 3 is 2.68 bits per heavy atom. The lowest BCUT2D eigenvalue weighted by Gasteiger charge is -2.19. The maximum absolute atomic E-state index is 12.7. The standard InChI is InChI=1S/C24H22N4O3/c1-5-18-12-17(14-25)6-8-20(18)21-9-7-19(13-22(21)31-16(2)15-30-4)24(29)26-23-10-11-28(3)27-23/h1,6-13,16H,15H2,2-4H3,(H,26,27,29)/t16-/m0/s1. The second-order valence-electron chi connectivity index (χ2n) is 6.94. The number of methoxy groups -OCH3 is 1. The van der Waals surface area contributed by atoms with Gasteiger partial charge in [-0.1, -0.05) is 12.0 Å². The highest BCUT2D eigenvalue weighted by Crippen LogP contribution is 2.34. The van der Waals surface area contributed by atoms with E-state index in [1.54, 1.807) is 67.5 Å². The van der Waals surface area contributed by atoms with Crippen LogP contribution in [0, 0.1) is 23.7 Å². The van der Waals surface area contributed by atoms with Crippen molar-refractivity contribution in [2.75, 3.05) is 19.0 Å². The van der Waals surface area contributed by atoms with Crippen LogP contribution in [0.5, 0.6) is 5.75 Å². The van der Waals surface area contributed by atoms with Crippen molar-refractivity contribution in [2.24, 2.45) is 7.05 Å². The topological polar surface area (TPSA) is 89.2 Å². The number of nitriles is 1. The largest absolute Gasteiger partial charge is 0.488 e. The summed E-state index contributed by atoms with van der Waals surface area (Å²) in [6, 6.07) is 14.1. The number of amides is 1. The molecule has 2 aromatic carbocycles. The molecule has 0 aliphatic heterocycles. The van der Waals surface area contributed by atoms with Crippen LogP contribution in [0.2, 0.25) is 0 Å². The number of aryl methyl sites for hydroxylation is 1. The first kappa shape index (κ1) is 21.6. The van der Waals surface area contributed by atoms with E-state index in [4.69, 9.17) is 21.2 Å². The number of hydrogen-bond acceptors (Lipinski definition) is 5. The summed E-state index contributed by atoms with van der Waals surface area (Å²) < 4.78 is 12.9. The lowest BCUT2D eigenvalue weighted by molar-refractivity contribution is 0.0921. The summed E-state index contributed by atoms with van der Waals surface area (Å²) in [5.74, 6) is 3.25. The first-order valence-electron chi connectivity index (χ1n) is 9.57. The minimum absolute atomic E-state index is 0.259. The van der Waals surface area contributed by atoms with Crippen molar-refractivity contribution in [2.45, 2.75) is 13.0 Å². The highest BCUT2D eigenvalue weighted by atomic mass is 16.5. The van der Waals surface area contributed by atoms with Gasteiger partial charge in [0.15, 0.2) is 5.82 Å². The van der Waals surface area contributed by atoms with Crippen molar-refractivity contribution < 1.29 is 14.3 Å². The third-order valence-electron chi connectivity index (χ3n) is 4.52. The molecule has 7 heteroatoms. The van der Waals surface area contributed by atoms with Crippen LogP contribution < -0.4 is 10.1 Å². The van der Waals surface area contributed by atoms with Gasteiger partial charge in [0.05, 0.1) is 18.2 Å². The number of terminal acetylenes is 1. The Morgan fingerprint density at radius 2 is 2.03 bits per heavy atom. The van der Waals surface area contributed by atoms with Crippen LogP contribution in [0.15, 0.2) is 48.7 Å². The third kappa shape index (κ3) is 5.11. The van der Waals surface area contributed by atoms with E-state index in [0.717, 1.165) is 11.1 Å². The van der Waals surface area contributed by atoms with Gasteiger partial charge in [-0.15, -0.1) is 6.42 Å². The molecule has 0 saturated heterocycles.